The van der Waals surface area contributed by atoms with Crippen molar-refractivity contribution in [2.45, 2.75) is 32.7 Å². The lowest BCUT2D eigenvalue weighted by Gasteiger charge is -2.37. The number of halogens is 1. The van der Waals surface area contributed by atoms with Crippen LogP contribution in [0.3, 0.4) is 0 Å². The first-order valence-electron chi connectivity index (χ1n) is 10.8. The van der Waals surface area contributed by atoms with Crippen LogP contribution in [0.5, 0.6) is 0 Å². The highest BCUT2D eigenvalue weighted by molar-refractivity contribution is 7.80. The number of hydrogen-bond acceptors (Lipinski definition) is 4. The Balaban J connectivity index is 1.60. The lowest BCUT2D eigenvalue weighted by molar-refractivity contribution is -0.124. The minimum Gasteiger partial charge on any atom is -0.354 e. The molecular weight excluding hydrogens is 447 g/mol. The largest absolute Gasteiger partial charge is 0.354 e. The van der Waals surface area contributed by atoms with Crippen LogP contribution in [-0.4, -0.2) is 47.5 Å². The number of benzene rings is 1. The van der Waals surface area contributed by atoms with Crippen LogP contribution in [0.15, 0.2) is 41.8 Å². The SMILES string of the molecule is CC(C)CNC(=O)[C@@H](NC(=O)c1cccs1)C1CCN(C(=S)Nc2ccc(F)cc2)CC1. The number of hydrogen-bond donors (Lipinski definition) is 3. The molecule has 0 bridgehead atoms. The molecule has 0 spiro atoms. The zero-order valence-corrected chi connectivity index (χ0v) is 19.9. The van der Waals surface area contributed by atoms with Crippen molar-refractivity contribution in [2.24, 2.45) is 11.8 Å². The van der Waals surface area contributed by atoms with E-state index in [9.17, 15) is 14.0 Å². The van der Waals surface area contributed by atoms with Crippen LogP contribution < -0.4 is 16.0 Å². The van der Waals surface area contributed by atoms with Crippen molar-refractivity contribution < 1.29 is 14.0 Å². The molecule has 3 N–H and O–H groups in total. The molecule has 32 heavy (non-hydrogen) atoms. The molecule has 1 aliphatic heterocycles. The topological polar surface area (TPSA) is 73.5 Å². The van der Waals surface area contributed by atoms with Gasteiger partial charge in [0.2, 0.25) is 5.91 Å². The minimum absolute atomic E-state index is 0.0101. The van der Waals surface area contributed by atoms with Crippen molar-refractivity contribution in [3.8, 4) is 0 Å². The fourth-order valence-electron chi connectivity index (χ4n) is 3.60. The Morgan fingerprint density at radius 2 is 1.88 bits per heavy atom. The maximum atomic E-state index is 13.1. The lowest BCUT2D eigenvalue weighted by atomic mass is 9.88. The van der Waals surface area contributed by atoms with Gasteiger partial charge in [-0.25, -0.2) is 4.39 Å². The first-order valence-corrected chi connectivity index (χ1v) is 12.1. The Bertz CT molecular complexity index is 911. The van der Waals surface area contributed by atoms with E-state index in [4.69, 9.17) is 12.2 Å². The Labute approximate surface area is 197 Å². The lowest BCUT2D eigenvalue weighted by Crippen LogP contribution is -2.54. The molecule has 2 heterocycles. The zero-order chi connectivity index (χ0) is 23.1. The summed E-state index contributed by atoms with van der Waals surface area (Å²) in [5, 5.41) is 11.5. The van der Waals surface area contributed by atoms with E-state index < -0.39 is 6.04 Å². The molecule has 9 heteroatoms. The molecule has 0 radical (unpaired) electrons. The first-order chi connectivity index (χ1) is 15.3. The van der Waals surface area contributed by atoms with Gasteiger partial charge in [-0.05, 0) is 72.6 Å². The molecule has 1 aromatic carbocycles. The molecule has 2 amide bonds. The number of nitrogens with one attached hydrogen (secondary N) is 3. The second-order valence-electron chi connectivity index (χ2n) is 8.33. The Kier molecular flexibility index (Phi) is 8.58. The van der Waals surface area contributed by atoms with Crippen LogP contribution >= 0.6 is 23.6 Å². The van der Waals surface area contributed by atoms with E-state index in [0.29, 0.717) is 35.5 Å². The molecule has 1 fully saturated rings. The number of anilines is 1. The highest BCUT2D eigenvalue weighted by Crippen LogP contribution is 2.23. The van der Waals surface area contributed by atoms with Gasteiger partial charge in [0.25, 0.3) is 5.91 Å². The van der Waals surface area contributed by atoms with Crippen molar-refractivity contribution in [1.29, 1.82) is 0 Å². The first kappa shape index (κ1) is 24.1. The maximum Gasteiger partial charge on any atom is 0.262 e. The number of nitrogens with zero attached hydrogens (tertiary/aromatic N) is 1. The minimum atomic E-state index is -0.593. The average molecular weight is 477 g/mol. The number of piperidine rings is 1. The summed E-state index contributed by atoms with van der Waals surface area (Å²) in [6, 6.07) is 9.03. The number of amides is 2. The molecule has 0 aliphatic carbocycles. The second-order valence-corrected chi connectivity index (χ2v) is 9.66. The van der Waals surface area contributed by atoms with Crippen molar-refractivity contribution in [3.63, 3.8) is 0 Å². The van der Waals surface area contributed by atoms with Crippen molar-refractivity contribution in [2.75, 3.05) is 25.0 Å². The smallest absolute Gasteiger partial charge is 0.262 e. The Morgan fingerprint density at radius 1 is 1.19 bits per heavy atom. The van der Waals surface area contributed by atoms with Crippen molar-refractivity contribution in [3.05, 3.63) is 52.5 Å². The summed E-state index contributed by atoms with van der Waals surface area (Å²) >= 11 is 6.87. The molecule has 2 aromatic rings. The molecular formula is C23H29FN4O2S2. The molecule has 3 rings (SSSR count). The fourth-order valence-corrected chi connectivity index (χ4v) is 4.53. The number of likely N-dealkylation sites (tertiary alicyclic amines) is 1. The normalized spacial score (nSPS) is 15.3. The van der Waals surface area contributed by atoms with Crippen LogP contribution in [0.4, 0.5) is 10.1 Å². The fraction of sp³-hybridized carbons (Fsp3) is 0.435. The summed E-state index contributed by atoms with van der Waals surface area (Å²) in [5.41, 5.74) is 0.729. The number of thiocarbonyl (C=S) groups is 1. The third kappa shape index (κ3) is 6.74. The highest BCUT2D eigenvalue weighted by atomic mass is 32.1. The maximum absolute atomic E-state index is 13.1. The number of carbonyl (C=O) groups excluding carboxylic acids is 2. The third-order valence-corrected chi connectivity index (χ3v) is 6.62. The van der Waals surface area contributed by atoms with Gasteiger partial charge in [0.1, 0.15) is 11.9 Å². The van der Waals surface area contributed by atoms with E-state index in [2.05, 4.69) is 16.0 Å². The van der Waals surface area contributed by atoms with E-state index >= 15 is 0 Å². The van der Waals surface area contributed by atoms with E-state index in [0.717, 1.165) is 18.5 Å². The summed E-state index contributed by atoms with van der Waals surface area (Å²) in [6.07, 6.45) is 1.44. The zero-order valence-electron chi connectivity index (χ0n) is 18.3. The van der Waals surface area contributed by atoms with Crippen molar-refractivity contribution >= 4 is 46.2 Å². The van der Waals surface area contributed by atoms with Gasteiger partial charge >= 0.3 is 0 Å². The quantitative estimate of drug-likeness (QED) is 0.529. The molecule has 6 nitrogen and oxygen atoms in total. The van der Waals surface area contributed by atoms with E-state index in [-0.39, 0.29) is 23.5 Å². The van der Waals surface area contributed by atoms with Crippen LogP contribution in [0.2, 0.25) is 0 Å². The molecule has 1 aromatic heterocycles. The Morgan fingerprint density at radius 3 is 2.47 bits per heavy atom. The summed E-state index contributed by atoms with van der Waals surface area (Å²) < 4.78 is 13.1. The van der Waals surface area contributed by atoms with Crippen LogP contribution in [0.1, 0.15) is 36.4 Å². The van der Waals surface area contributed by atoms with Gasteiger partial charge in [-0.1, -0.05) is 19.9 Å². The molecule has 1 atom stereocenters. The number of rotatable bonds is 7. The van der Waals surface area contributed by atoms with Crippen molar-refractivity contribution in [1.82, 2.24) is 15.5 Å². The van der Waals surface area contributed by atoms with Crippen LogP contribution in [-0.2, 0) is 4.79 Å². The Hall–Kier alpha value is -2.52. The number of thiophene rings is 1. The summed E-state index contributed by atoms with van der Waals surface area (Å²) in [5.74, 6) is -0.330. The second kappa shape index (κ2) is 11.4. The van der Waals surface area contributed by atoms with Gasteiger partial charge in [-0.15, -0.1) is 11.3 Å². The molecule has 1 saturated heterocycles. The van der Waals surface area contributed by atoms with Crippen LogP contribution in [0.25, 0.3) is 0 Å². The molecule has 1 aliphatic rings. The standard InChI is InChI=1S/C23H29FN4O2S2/c1-15(2)14-25-22(30)20(27-21(29)19-4-3-13-32-19)16-9-11-28(12-10-16)23(31)26-18-7-5-17(24)6-8-18/h3-8,13,15-16,20H,9-12,14H2,1-2H3,(H,25,30)(H,26,31)(H,27,29)/t20-/m0/s1. The van der Waals surface area contributed by atoms with Gasteiger partial charge in [0.15, 0.2) is 5.11 Å². The predicted octanol–water partition coefficient (Wildman–Crippen LogP) is 3.87. The average Bonchev–Trinajstić information content (AvgIpc) is 3.32. The number of carbonyl (C=O) groups is 2. The van der Waals surface area contributed by atoms with E-state index in [1.165, 1.54) is 23.5 Å². The van der Waals surface area contributed by atoms with Gasteiger partial charge in [0, 0.05) is 25.3 Å². The molecule has 0 saturated carbocycles. The summed E-state index contributed by atoms with van der Waals surface area (Å²) in [7, 11) is 0. The summed E-state index contributed by atoms with van der Waals surface area (Å²) in [4.78, 5) is 28.2. The third-order valence-electron chi connectivity index (χ3n) is 5.39. The highest BCUT2D eigenvalue weighted by Gasteiger charge is 2.33. The molecule has 172 valence electrons. The van der Waals surface area contributed by atoms with Gasteiger partial charge < -0.3 is 20.9 Å². The molecule has 0 unspecified atom stereocenters. The van der Waals surface area contributed by atoms with E-state index in [1.54, 1.807) is 18.2 Å². The van der Waals surface area contributed by atoms with E-state index in [1.807, 2.05) is 30.2 Å². The monoisotopic (exact) mass is 476 g/mol. The summed E-state index contributed by atoms with van der Waals surface area (Å²) in [6.45, 7) is 5.97. The van der Waals surface area contributed by atoms with Crippen LogP contribution in [0, 0.1) is 17.7 Å². The predicted molar refractivity (Wildman–Crippen MR) is 130 cm³/mol. The van der Waals surface area contributed by atoms with Gasteiger partial charge in [-0.2, -0.15) is 0 Å². The van der Waals surface area contributed by atoms with Gasteiger partial charge in [0.05, 0.1) is 4.88 Å². The van der Waals surface area contributed by atoms with Gasteiger partial charge in [-0.3, -0.25) is 9.59 Å².